The Bertz CT molecular complexity index is 633. The summed E-state index contributed by atoms with van der Waals surface area (Å²) in [5.74, 6) is -0.316. The van der Waals surface area contributed by atoms with Gasteiger partial charge in [0.25, 0.3) is 0 Å². The molecule has 1 aromatic carbocycles. The zero-order valence-corrected chi connectivity index (χ0v) is 13.4. The second kappa shape index (κ2) is 7.19. The molecule has 0 radical (unpaired) electrons. The third-order valence-corrected chi connectivity index (χ3v) is 5.20. The lowest BCUT2D eigenvalue weighted by atomic mass is 10.0. The summed E-state index contributed by atoms with van der Waals surface area (Å²) >= 11 is 0. The van der Waals surface area contributed by atoms with Gasteiger partial charge in [0, 0.05) is 25.6 Å². The zero-order valence-electron chi connectivity index (χ0n) is 12.6. The standard InChI is InChI=1S/C15H21FN2O3S/c1-2-22(20,21)17-11-14(18-8-4-7-15(18)19)10-12-5-3-6-13(16)9-12/h3,5-6,9,14,17H,2,4,7-8,10-11H2,1H3. The van der Waals surface area contributed by atoms with Crippen LogP contribution >= 0.6 is 0 Å². The minimum atomic E-state index is -3.32. The summed E-state index contributed by atoms with van der Waals surface area (Å²) in [6, 6.07) is 5.88. The molecule has 122 valence electrons. The summed E-state index contributed by atoms with van der Waals surface area (Å²) < 4.78 is 39.1. The van der Waals surface area contributed by atoms with Gasteiger partial charge in [0.15, 0.2) is 0 Å². The number of sulfonamides is 1. The molecule has 1 aliphatic heterocycles. The minimum absolute atomic E-state index is 0.00632. The molecule has 0 aromatic heterocycles. The molecule has 1 aliphatic rings. The van der Waals surface area contributed by atoms with Crippen LogP contribution < -0.4 is 4.72 Å². The van der Waals surface area contributed by atoms with Crippen LogP contribution in [0, 0.1) is 5.82 Å². The van der Waals surface area contributed by atoms with Crippen molar-refractivity contribution < 1.29 is 17.6 Å². The monoisotopic (exact) mass is 328 g/mol. The average molecular weight is 328 g/mol. The molecule has 7 heteroatoms. The van der Waals surface area contributed by atoms with Gasteiger partial charge >= 0.3 is 0 Å². The Hall–Kier alpha value is -1.47. The van der Waals surface area contributed by atoms with Crippen molar-refractivity contribution in [2.75, 3.05) is 18.8 Å². The SMILES string of the molecule is CCS(=O)(=O)NCC(Cc1cccc(F)c1)N1CCCC1=O. The summed E-state index contributed by atoms with van der Waals surface area (Å²) in [5, 5.41) is 0. The van der Waals surface area contributed by atoms with Crippen molar-refractivity contribution in [2.45, 2.75) is 32.2 Å². The molecule has 1 atom stereocenters. The molecule has 0 aliphatic carbocycles. The molecule has 0 bridgehead atoms. The van der Waals surface area contributed by atoms with E-state index in [4.69, 9.17) is 0 Å². The molecule has 1 N–H and O–H groups in total. The highest BCUT2D eigenvalue weighted by Gasteiger charge is 2.28. The number of nitrogens with zero attached hydrogens (tertiary/aromatic N) is 1. The number of rotatable bonds is 7. The number of benzene rings is 1. The van der Waals surface area contributed by atoms with Crippen molar-refractivity contribution in [2.24, 2.45) is 0 Å². The molecular weight excluding hydrogens is 307 g/mol. The highest BCUT2D eigenvalue weighted by atomic mass is 32.2. The average Bonchev–Trinajstić information content (AvgIpc) is 2.90. The van der Waals surface area contributed by atoms with Gasteiger partial charge in [-0.2, -0.15) is 0 Å². The molecule has 1 saturated heterocycles. The van der Waals surface area contributed by atoms with Crippen LogP contribution in [0.15, 0.2) is 24.3 Å². The number of carbonyl (C=O) groups excluding carboxylic acids is 1. The van der Waals surface area contributed by atoms with Crippen molar-refractivity contribution >= 4 is 15.9 Å². The molecule has 5 nitrogen and oxygen atoms in total. The first-order valence-corrected chi connectivity index (χ1v) is 9.08. The molecule has 1 fully saturated rings. The number of hydrogen-bond donors (Lipinski definition) is 1. The van der Waals surface area contributed by atoms with E-state index in [2.05, 4.69) is 4.72 Å². The van der Waals surface area contributed by atoms with E-state index in [9.17, 15) is 17.6 Å². The number of amides is 1. The summed E-state index contributed by atoms with van der Waals surface area (Å²) in [6.07, 6.45) is 1.69. The lowest BCUT2D eigenvalue weighted by Gasteiger charge is -2.28. The minimum Gasteiger partial charge on any atom is -0.338 e. The zero-order chi connectivity index (χ0) is 16.2. The molecule has 0 spiro atoms. The molecule has 1 heterocycles. The topological polar surface area (TPSA) is 66.5 Å². The Balaban J connectivity index is 2.12. The van der Waals surface area contributed by atoms with E-state index in [0.29, 0.717) is 19.4 Å². The molecule has 22 heavy (non-hydrogen) atoms. The maximum atomic E-state index is 13.3. The van der Waals surface area contributed by atoms with Crippen molar-refractivity contribution in [1.29, 1.82) is 0 Å². The van der Waals surface area contributed by atoms with Gasteiger partial charge < -0.3 is 4.90 Å². The van der Waals surface area contributed by atoms with Crippen LogP contribution in [-0.2, 0) is 21.2 Å². The maximum absolute atomic E-state index is 13.3. The molecule has 1 aromatic rings. The van der Waals surface area contributed by atoms with Crippen molar-refractivity contribution in [1.82, 2.24) is 9.62 Å². The van der Waals surface area contributed by atoms with E-state index in [1.165, 1.54) is 12.1 Å². The van der Waals surface area contributed by atoms with Gasteiger partial charge in [-0.1, -0.05) is 12.1 Å². The number of nitrogens with one attached hydrogen (secondary N) is 1. The molecule has 1 amide bonds. The van der Waals surface area contributed by atoms with Crippen LogP contribution in [0.5, 0.6) is 0 Å². The largest absolute Gasteiger partial charge is 0.338 e. The highest BCUT2D eigenvalue weighted by molar-refractivity contribution is 7.89. The van der Waals surface area contributed by atoms with Crippen LogP contribution in [0.1, 0.15) is 25.3 Å². The Kier molecular flexibility index (Phi) is 5.52. The Morgan fingerprint density at radius 1 is 1.41 bits per heavy atom. The van der Waals surface area contributed by atoms with E-state index >= 15 is 0 Å². The second-order valence-electron chi connectivity index (χ2n) is 5.43. The lowest BCUT2D eigenvalue weighted by Crippen LogP contribution is -2.46. The fourth-order valence-corrected chi connectivity index (χ4v) is 3.26. The summed E-state index contributed by atoms with van der Waals surface area (Å²) in [7, 11) is -3.32. The summed E-state index contributed by atoms with van der Waals surface area (Å²) in [5.41, 5.74) is 0.750. The lowest BCUT2D eigenvalue weighted by molar-refractivity contribution is -0.129. The van der Waals surface area contributed by atoms with E-state index in [1.54, 1.807) is 24.0 Å². The quantitative estimate of drug-likeness (QED) is 0.820. The predicted octanol–water partition coefficient (Wildman–Crippen LogP) is 1.30. The Morgan fingerprint density at radius 2 is 2.18 bits per heavy atom. The first kappa shape index (κ1) is 16.9. The predicted molar refractivity (Wildman–Crippen MR) is 82.3 cm³/mol. The van der Waals surface area contributed by atoms with E-state index < -0.39 is 10.0 Å². The number of likely N-dealkylation sites (tertiary alicyclic amines) is 1. The van der Waals surface area contributed by atoms with Gasteiger partial charge in [-0.3, -0.25) is 4.79 Å². The number of carbonyl (C=O) groups is 1. The van der Waals surface area contributed by atoms with Crippen molar-refractivity contribution in [3.05, 3.63) is 35.6 Å². The van der Waals surface area contributed by atoms with Gasteiger partial charge in [-0.15, -0.1) is 0 Å². The summed E-state index contributed by atoms with van der Waals surface area (Å²) in [6.45, 7) is 2.33. The smallest absolute Gasteiger partial charge is 0.222 e. The third-order valence-electron chi connectivity index (χ3n) is 3.83. The first-order valence-electron chi connectivity index (χ1n) is 7.42. The van der Waals surface area contributed by atoms with Gasteiger partial charge in [0.05, 0.1) is 5.75 Å². The van der Waals surface area contributed by atoms with Gasteiger partial charge in [0.2, 0.25) is 15.9 Å². The third kappa shape index (κ3) is 4.51. The van der Waals surface area contributed by atoms with E-state index in [0.717, 1.165) is 12.0 Å². The number of halogens is 1. The fraction of sp³-hybridized carbons (Fsp3) is 0.533. The van der Waals surface area contributed by atoms with E-state index in [-0.39, 0.29) is 30.1 Å². The molecule has 0 saturated carbocycles. The number of hydrogen-bond acceptors (Lipinski definition) is 3. The Labute approximate surface area is 130 Å². The molecular formula is C15H21FN2O3S. The Morgan fingerprint density at radius 3 is 2.77 bits per heavy atom. The van der Waals surface area contributed by atoms with Gasteiger partial charge in [-0.25, -0.2) is 17.5 Å². The maximum Gasteiger partial charge on any atom is 0.222 e. The van der Waals surface area contributed by atoms with Gasteiger partial charge in [-0.05, 0) is 37.5 Å². The normalized spacial score (nSPS) is 17.0. The highest BCUT2D eigenvalue weighted by Crippen LogP contribution is 2.17. The molecule has 2 rings (SSSR count). The fourth-order valence-electron chi connectivity index (χ4n) is 2.61. The van der Waals surface area contributed by atoms with E-state index in [1.807, 2.05) is 0 Å². The summed E-state index contributed by atoms with van der Waals surface area (Å²) in [4.78, 5) is 13.6. The van der Waals surface area contributed by atoms with Crippen LogP contribution in [0.2, 0.25) is 0 Å². The molecule has 1 unspecified atom stereocenters. The van der Waals surface area contributed by atoms with Crippen LogP contribution in [-0.4, -0.2) is 44.1 Å². The van der Waals surface area contributed by atoms with Crippen LogP contribution in [0.3, 0.4) is 0 Å². The van der Waals surface area contributed by atoms with Gasteiger partial charge in [0.1, 0.15) is 5.82 Å². The first-order chi connectivity index (χ1) is 10.4. The second-order valence-corrected chi connectivity index (χ2v) is 7.53. The van der Waals surface area contributed by atoms with Crippen molar-refractivity contribution in [3.63, 3.8) is 0 Å². The van der Waals surface area contributed by atoms with Crippen molar-refractivity contribution in [3.8, 4) is 0 Å². The van der Waals surface area contributed by atoms with Crippen LogP contribution in [0.4, 0.5) is 4.39 Å². The van der Waals surface area contributed by atoms with Crippen LogP contribution in [0.25, 0.3) is 0 Å².